The van der Waals surface area contributed by atoms with E-state index in [1.807, 2.05) is 13.8 Å². The van der Waals surface area contributed by atoms with Crippen LogP contribution in [0.5, 0.6) is 5.75 Å². The Kier molecular flexibility index (Phi) is 4.21. The molecule has 0 atom stereocenters. The number of rotatable bonds is 4. The summed E-state index contributed by atoms with van der Waals surface area (Å²) >= 11 is 5.55. The molecule has 0 unspecified atom stereocenters. The highest BCUT2D eigenvalue weighted by Gasteiger charge is 2.07. The van der Waals surface area contributed by atoms with Crippen LogP contribution in [-0.2, 0) is 0 Å². The molecule has 0 saturated heterocycles. The molecular formula is C11H14ClFO. The van der Waals surface area contributed by atoms with Gasteiger partial charge in [0.15, 0.2) is 0 Å². The second kappa shape index (κ2) is 5.20. The van der Waals surface area contributed by atoms with Crippen LogP contribution in [-0.4, -0.2) is 6.10 Å². The summed E-state index contributed by atoms with van der Waals surface area (Å²) in [5, 5.41) is 0.127. The van der Waals surface area contributed by atoms with Gasteiger partial charge in [-0.1, -0.05) is 25.4 Å². The number of hydrogen-bond acceptors (Lipinski definition) is 1. The normalized spacial score (nSPS) is 10.6. The second-order valence-corrected chi connectivity index (χ2v) is 3.54. The van der Waals surface area contributed by atoms with E-state index in [9.17, 15) is 4.39 Å². The summed E-state index contributed by atoms with van der Waals surface area (Å²) < 4.78 is 18.6. The first-order chi connectivity index (χ1) is 6.67. The molecule has 0 heterocycles. The SMILES string of the molecule is CCC(CC)Oc1ccc(Cl)c(F)c1. The second-order valence-electron chi connectivity index (χ2n) is 3.13. The highest BCUT2D eigenvalue weighted by Crippen LogP contribution is 2.22. The first-order valence-corrected chi connectivity index (χ1v) is 5.16. The largest absolute Gasteiger partial charge is 0.490 e. The van der Waals surface area contributed by atoms with Gasteiger partial charge in [-0.05, 0) is 25.0 Å². The monoisotopic (exact) mass is 216 g/mol. The van der Waals surface area contributed by atoms with Crippen molar-refractivity contribution in [2.24, 2.45) is 0 Å². The van der Waals surface area contributed by atoms with E-state index in [0.29, 0.717) is 5.75 Å². The summed E-state index contributed by atoms with van der Waals surface area (Å²) in [5.74, 6) is 0.107. The standard InChI is InChI=1S/C11H14ClFO/c1-3-8(4-2)14-9-5-6-10(12)11(13)7-9/h5-8H,3-4H2,1-2H3. The van der Waals surface area contributed by atoms with Crippen molar-refractivity contribution in [1.29, 1.82) is 0 Å². The number of halogens is 2. The maximum atomic E-state index is 13.0. The van der Waals surface area contributed by atoms with Gasteiger partial charge in [-0.15, -0.1) is 0 Å². The number of hydrogen-bond donors (Lipinski definition) is 0. The smallest absolute Gasteiger partial charge is 0.145 e. The maximum absolute atomic E-state index is 13.0. The molecule has 1 aromatic carbocycles. The van der Waals surface area contributed by atoms with Crippen molar-refractivity contribution in [3.05, 3.63) is 29.0 Å². The molecule has 0 aliphatic carbocycles. The number of benzene rings is 1. The minimum atomic E-state index is -0.435. The molecule has 0 aromatic heterocycles. The highest BCUT2D eigenvalue weighted by molar-refractivity contribution is 6.30. The van der Waals surface area contributed by atoms with Crippen LogP contribution >= 0.6 is 11.6 Å². The lowest BCUT2D eigenvalue weighted by Gasteiger charge is -2.15. The van der Waals surface area contributed by atoms with E-state index >= 15 is 0 Å². The zero-order valence-corrected chi connectivity index (χ0v) is 9.14. The van der Waals surface area contributed by atoms with E-state index in [1.165, 1.54) is 12.1 Å². The molecule has 0 bridgehead atoms. The van der Waals surface area contributed by atoms with Crippen LogP contribution in [0.3, 0.4) is 0 Å². The zero-order chi connectivity index (χ0) is 10.6. The first kappa shape index (κ1) is 11.3. The molecule has 0 N–H and O–H groups in total. The quantitative estimate of drug-likeness (QED) is 0.738. The van der Waals surface area contributed by atoms with Crippen molar-refractivity contribution < 1.29 is 9.13 Å². The van der Waals surface area contributed by atoms with Crippen LogP contribution < -0.4 is 4.74 Å². The van der Waals surface area contributed by atoms with Gasteiger partial charge in [0, 0.05) is 6.07 Å². The Morgan fingerprint density at radius 1 is 1.36 bits per heavy atom. The van der Waals surface area contributed by atoms with E-state index in [1.54, 1.807) is 6.07 Å². The average molecular weight is 217 g/mol. The van der Waals surface area contributed by atoms with Crippen molar-refractivity contribution in [3.8, 4) is 5.75 Å². The fourth-order valence-corrected chi connectivity index (χ4v) is 1.32. The molecule has 1 nitrogen and oxygen atoms in total. The molecule has 0 saturated carbocycles. The molecular weight excluding hydrogens is 203 g/mol. The predicted molar refractivity (Wildman–Crippen MR) is 56.4 cm³/mol. The van der Waals surface area contributed by atoms with Gasteiger partial charge in [-0.3, -0.25) is 0 Å². The lowest BCUT2D eigenvalue weighted by molar-refractivity contribution is 0.192. The first-order valence-electron chi connectivity index (χ1n) is 4.79. The highest BCUT2D eigenvalue weighted by atomic mass is 35.5. The minimum absolute atomic E-state index is 0.127. The van der Waals surface area contributed by atoms with Gasteiger partial charge < -0.3 is 4.74 Å². The molecule has 1 aromatic rings. The van der Waals surface area contributed by atoms with E-state index in [0.717, 1.165) is 12.8 Å². The van der Waals surface area contributed by atoms with Crippen molar-refractivity contribution in [2.75, 3.05) is 0 Å². The van der Waals surface area contributed by atoms with Gasteiger partial charge in [0.1, 0.15) is 11.6 Å². The fourth-order valence-electron chi connectivity index (χ4n) is 1.20. The summed E-state index contributed by atoms with van der Waals surface area (Å²) in [5.41, 5.74) is 0. The molecule has 0 fully saturated rings. The average Bonchev–Trinajstić information content (AvgIpc) is 2.19. The summed E-state index contributed by atoms with van der Waals surface area (Å²) in [6.45, 7) is 4.08. The summed E-state index contributed by atoms with van der Waals surface area (Å²) in [6, 6.07) is 4.51. The van der Waals surface area contributed by atoms with E-state index in [-0.39, 0.29) is 11.1 Å². The van der Waals surface area contributed by atoms with E-state index < -0.39 is 5.82 Å². The zero-order valence-electron chi connectivity index (χ0n) is 8.39. The Morgan fingerprint density at radius 3 is 2.50 bits per heavy atom. The molecule has 0 aliphatic rings. The lowest BCUT2D eigenvalue weighted by atomic mass is 10.2. The third-order valence-corrected chi connectivity index (χ3v) is 2.41. The van der Waals surface area contributed by atoms with Crippen LogP contribution in [0.4, 0.5) is 4.39 Å². The topological polar surface area (TPSA) is 9.23 Å². The van der Waals surface area contributed by atoms with Crippen LogP contribution in [0.2, 0.25) is 5.02 Å². The van der Waals surface area contributed by atoms with Crippen LogP contribution in [0.1, 0.15) is 26.7 Å². The van der Waals surface area contributed by atoms with Crippen LogP contribution in [0, 0.1) is 5.82 Å². The maximum Gasteiger partial charge on any atom is 0.145 e. The molecule has 0 spiro atoms. The van der Waals surface area contributed by atoms with E-state index in [2.05, 4.69) is 0 Å². The molecule has 3 heteroatoms. The third kappa shape index (κ3) is 2.88. The van der Waals surface area contributed by atoms with Gasteiger partial charge in [-0.25, -0.2) is 4.39 Å². The molecule has 0 radical (unpaired) electrons. The molecule has 78 valence electrons. The van der Waals surface area contributed by atoms with Crippen molar-refractivity contribution >= 4 is 11.6 Å². The Balaban J connectivity index is 2.72. The predicted octanol–water partition coefficient (Wildman–Crippen LogP) is 4.05. The third-order valence-electron chi connectivity index (χ3n) is 2.10. The van der Waals surface area contributed by atoms with E-state index in [4.69, 9.17) is 16.3 Å². The summed E-state index contributed by atoms with van der Waals surface area (Å²) in [6.07, 6.45) is 1.98. The van der Waals surface area contributed by atoms with Gasteiger partial charge in [0.25, 0.3) is 0 Å². The Morgan fingerprint density at radius 2 is 2.00 bits per heavy atom. The van der Waals surface area contributed by atoms with Gasteiger partial charge in [-0.2, -0.15) is 0 Å². The summed E-state index contributed by atoms with van der Waals surface area (Å²) in [4.78, 5) is 0. The Bertz CT molecular complexity index is 297. The van der Waals surface area contributed by atoms with Crippen molar-refractivity contribution in [1.82, 2.24) is 0 Å². The Hall–Kier alpha value is -0.760. The molecule has 0 amide bonds. The fraction of sp³-hybridized carbons (Fsp3) is 0.455. The molecule has 1 rings (SSSR count). The van der Waals surface area contributed by atoms with Gasteiger partial charge in [0.05, 0.1) is 11.1 Å². The van der Waals surface area contributed by atoms with Gasteiger partial charge in [0.2, 0.25) is 0 Å². The van der Waals surface area contributed by atoms with Crippen molar-refractivity contribution in [3.63, 3.8) is 0 Å². The van der Waals surface area contributed by atoms with Crippen LogP contribution in [0.15, 0.2) is 18.2 Å². The Labute approximate surface area is 88.8 Å². The lowest BCUT2D eigenvalue weighted by Crippen LogP contribution is -2.13. The number of ether oxygens (including phenoxy) is 1. The van der Waals surface area contributed by atoms with Crippen molar-refractivity contribution in [2.45, 2.75) is 32.8 Å². The molecule has 14 heavy (non-hydrogen) atoms. The van der Waals surface area contributed by atoms with Gasteiger partial charge >= 0.3 is 0 Å². The molecule has 0 aliphatic heterocycles. The van der Waals surface area contributed by atoms with Crippen LogP contribution in [0.25, 0.3) is 0 Å². The summed E-state index contributed by atoms with van der Waals surface area (Å²) in [7, 11) is 0. The minimum Gasteiger partial charge on any atom is -0.490 e.